The van der Waals surface area contributed by atoms with Crippen LogP contribution in [-0.2, 0) is 6.54 Å². The van der Waals surface area contributed by atoms with Crippen molar-refractivity contribution in [2.24, 2.45) is 0 Å². The lowest BCUT2D eigenvalue weighted by Crippen LogP contribution is -2.46. The molecule has 3 rings (SSSR count). The van der Waals surface area contributed by atoms with Crippen molar-refractivity contribution < 1.29 is 4.74 Å². The van der Waals surface area contributed by atoms with Gasteiger partial charge in [-0.3, -0.25) is 4.90 Å². The van der Waals surface area contributed by atoms with Crippen molar-refractivity contribution in [2.75, 3.05) is 38.2 Å². The van der Waals surface area contributed by atoms with Crippen LogP contribution in [0.5, 0.6) is 5.75 Å². The average molecular weight is 312 g/mol. The standard InChI is InChI=1S/C18H24N4O/c1-14-11-16(12-15(2)17(14)23-3)13-21-7-9-22(10-8-21)18-19-5-4-6-20-18/h4-6,11-12H,7-10,13H2,1-3H3. The first-order valence-electron chi connectivity index (χ1n) is 8.06. The van der Waals surface area contributed by atoms with Crippen molar-refractivity contribution in [3.05, 3.63) is 47.3 Å². The number of piperazine rings is 1. The zero-order valence-corrected chi connectivity index (χ0v) is 14.1. The number of rotatable bonds is 4. The molecule has 0 atom stereocenters. The van der Waals surface area contributed by atoms with E-state index in [1.807, 2.05) is 6.07 Å². The molecule has 2 aromatic rings. The van der Waals surface area contributed by atoms with E-state index in [0.29, 0.717) is 0 Å². The van der Waals surface area contributed by atoms with E-state index < -0.39 is 0 Å². The van der Waals surface area contributed by atoms with Gasteiger partial charge in [-0.25, -0.2) is 9.97 Å². The summed E-state index contributed by atoms with van der Waals surface area (Å²) in [5.41, 5.74) is 3.77. The first-order valence-corrected chi connectivity index (χ1v) is 8.06. The van der Waals surface area contributed by atoms with Crippen molar-refractivity contribution in [2.45, 2.75) is 20.4 Å². The molecule has 1 fully saturated rings. The fourth-order valence-electron chi connectivity index (χ4n) is 3.27. The largest absolute Gasteiger partial charge is 0.496 e. The maximum Gasteiger partial charge on any atom is 0.225 e. The van der Waals surface area contributed by atoms with Crippen LogP contribution in [0.25, 0.3) is 0 Å². The molecule has 5 heteroatoms. The Balaban J connectivity index is 1.61. The Morgan fingerprint density at radius 1 is 1.00 bits per heavy atom. The van der Waals surface area contributed by atoms with E-state index in [1.54, 1.807) is 19.5 Å². The molecule has 0 N–H and O–H groups in total. The highest BCUT2D eigenvalue weighted by atomic mass is 16.5. The van der Waals surface area contributed by atoms with Crippen LogP contribution in [0.3, 0.4) is 0 Å². The highest BCUT2D eigenvalue weighted by molar-refractivity contribution is 5.43. The van der Waals surface area contributed by atoms with E-state index in [4.69, 9.17) is 4.74 Å². The topological polar surface area (TPSA) is 41.5 Å². The molecule has 23 heavy (non-hydrogen) atoms. The third-order valence-corrected chi connectivity index (χ3v) is 4.34. The molecular weight excluding hydrogens is 288 g/mol. The molecule has 0 aliphatic carbocycles. The lowest BCUT2D eigenvalue weighted by Gasteiger charge is -2.34. The zero-order chi connectivity index (χ0) is 16.2. The van der Waals surface area contributed by atoms with Gasteiger partial charge in [0.2, 0.25) is 5.95 Å². The third-order valence-electron chi connectivity index (χ3n) is 4.34. The fourth-order valence-corrected chi connectivity index (χ4v) is 3.27. The Bertz CT molecular complexity index is 628. The van der Waals surface area contributed by atoms with Crippen LogP contribution in [0, 0.1) is 13.8 Å². The molecule has 1 aliphatic heterocycles. The second kappa shape index (κ2) is 6.96. The number of hydrogen-bond donors (Lipinski definition) is 0. The van der Waals surface area contributed by atoms with Crippen molar-refractivity contribution >= 4 is 5.95 Å². The van der Waals surface area contributed by atoms with Crippen LogP contribution in [0.1, 0.15) is 16.7 Å². The van der Waals surface area contributed by atoms with Gasteiger partial charge in [0.25, 0.3) is 0 Å². The molecule has 1 aromatic heterocycles. The van der Waals surface area contributed by atoms with Gasteiger partial charge in [-0.1, -0.05) is 12.1 Å². The molecule has 1 aromatic carbocycles. The molecule has 2 heterocycles. The number of aromatic nitrogens is 2. The van der Waals surface area contributed by atoms with Gasteiger partial charge in [0.05, 0.1) is 7.11 Å². The average Bonchev–Trinajstić information content (AvgIpc) is 2.56. The lowest BCUT2D eigenvalue weighted by atomic mass is 10.0. The predicted molar refractivity (Wildman–Crippen MR) is 92.0 cm³/mol. The summed E-state index contributed by atoms with van der Waals surface area (Å²) in [7, 11) is 1.74. The Kier molecular flexibility index (Phi) is 4.76. The normalized spacial score (nSPS) is 15.7. The highest BCUT2D eigenvalue weighted by Crippen LogP contribution is 2.25. The molecule has 0 amide bonds. The quantitative estimate of drug-likeness (QED) is 0.867. The van der Waals surface area contributed by atoms with E-state index in [-0.39, 0.29) is 0 Å². The lowest BCUT2D eigenvalue weighted by molar-refractivity contribution is 0.248. The van der Waals surface area contributed by atoms with Crippen molar-refractivity contribution in [1.82, 2.24) is 14.9 Å². The van der Waals surface area contributed by atoms with Gasteiger partial charge >= 0.3 is 0 Å². The van der Waals surface area contributed by atoms with E-state index >= 15 is 0 Å². The van der Waals surface area contributed by atoms with Crippen molar-refractivity contribution in [3.63, 3.8) is 0 Å². The molecular formula is C18H24N4O. The van der Waals surface area contributed by atoms with E-state index in [9.17, 15) is 0 Å². The van der Waals surface area contributed by atoms with E-state index in [1.165, 1.54) is 16.7 Å². The van der Waals surface area contributed by atoms with Gasteiger partial charge < -0.3 is 9.64 Å². The minimum absolute atomic E-state index is 0.836. The van der Waals surface area contributed by atoms with Crippen LogP contribution in [0.15, 0.2) is 30.6 Å². The van der Waals surface area contributed by atoms with Crippen LogP contribution < -0.4 is 9.64 Å². The summed E-state index contributed by atoms with van der Waals surface area (Å²) in [5, 5.41) is 0. The number of methoxy groups -OCH3 is 1. The summed E-state index contributed by atoms with van der Waals surface area (Å²) in [6.45, 7) is 9.20. The van der Waals surface area contributed by atoms with E-state index in [0.717, 1.165) is 44.4 Å². The summed E-state index contributed by atoms with van der Waals surface area (Å²) >= 11 is 0. The number of ether oxygens (including phenoxy) is 1. The zero-order valence-electron chi connectivity index (χ0n) is 14.1. The molecule has 122 valence electrons. The molecule has 5 nitrogen and oxygen atoms in total. The predicted octanol–water partition coefficient (Wildman–Crippen LogP) is 2.42. The smallest absolute Gasteiger partial charge is 0.225 e. The van der Waals surface area contributed by atoms with Crippen molar-refractivity contribution in [3.8, 4) is 5.75 Å². The third kappa shape index (κ3) is 3.62. The monoisotopic (exact) mass is 312 g/mol. The van der Waals surface area contributed by atoms with Crippen LogP contribution in [-0.4, -0.2) is 48.2 Å². The van der Waals surface area contributed by atoms with Gasteiger partial charge in [0, 0.05) is 45.1 Å². The number of nitrogens with zero attached hydrogens (tertiary/aromatic N) is 4. The molecule has 1 aliphatic rings. The summed E-state index contributed by atoms with van der Waals surface area (Å²) in [5.74, 6) is 1.84. The molecule has 0 saturated carbocycles. The first kappa shape index (κ1) is 15.7. The summed E-state index contributed by atoms with van der Waals surface area (Å²) in [6.07, 6.45) is 3.61. The number of anilines is 1. The van der Waals surface area contributed by atoms with Crippen LogP contribution in [0.4, 0.5) is 5.95 Å². The molecule has 1 saturated heterocycles. The van der Waals surface area contributed by atoms with Gasteiger partial charge in [0.15, 0.2) is 0 Å². The van der Waals surface area contributed by atoms with Gasteiger partial charge in [0.1, 0.15) is 5.75 Å². The number of benzene rings is 1. The minimum atomic E-state index is 0.836. The summed E-state index contributed by atoms with van der Waals surface area (Å²) in [4.78, 5) is 13.4. The Hall–Kier alpha value is -2.14. The van der Waals surface area contributed by atoms with Crippen LogP contribution >= 0.6 is 0 Å². The first-order chi connectivity index (χ1) is 11.2. The number of aryl methyl sites for hydroxylation is 2. The Morgan fingerprint density at radius 2 is 1.61 bits per heavy atom. The second-order valence-corrected chi connectivity index (χ2v) is 6.07. The van der Waals surface area contributed by atoms with Crippen molar-refractivity contribution in [1.29, 1.82) is 0 Å². The summed E-state index contributed by atoms with van der Waals surface area (Å²) < 4.78 is 5.45. The van der Waals surface area contributed by atoms with Gasteiger partial charge in [-0.2, -0.15) is 0 Å². The second-order valence-electron chi connectivity index (χ2n) is 6.07. The molecule has 0 bridgehead atoms. The minimum Gasteiger partial charge on any atom is -0.496 e. The fraction of sp³-hybridized carbons (Fsp3) is 0.444. The molecule has 0 radical (unpaired) electrons. The maximum atomic E-state index is 5.45. The van der Waals surface area contributed by atoms with Crippen LogP contribution in [0.2, 0.25) is 0 Å². The Morgan fingerprint density at radius 3 is 2.17 bits per heavy atom. The Labute approximate surface area is 137 Å². The van der Waals surface area contributed by atoms with Gasteiger partial charge in [-0.15, -0.1) is 0 Å². The van der Waals surface area contributed by atoms with Gasteiger partial charge in [-0.05, 0) is 36.6 Å². The highest BCUT2D eigenvalue weighted by Gasteiger charge is 2.19. The van der Waals surface area contributed by atoms with E-state index in [2.05, 4.69) is 45.7 Å². The summed E-state index contributed by atoms with van der Waals surface area (Å²) in [6, 6.07) is 6.32. The SMILES string of the molecule is COc1c(C)cc(CN2CCN(c3ncccn3)CC2)cc1C. The number of hydrogen-bond acceptors (Lipinski definition) is 5. The maximum absolute atomic E-state index is 5.45. The molecule has 0 spiro atoms. The molecule has 0 unspecified atom stereocenters.